The van der Waals surface area contributed by atoms with Crippen LogP contribution in [0.2, 0.25) is 0 Å². The van der Waals surface area contributed by atoms with Crippen molar-refractivity contribution in [3.8, 4) is 5.75 Å². The van der Waals surface area contributed by atoms with Gasteiger partial charge in [-0.25, -0.2) is 4.68 Å². The summed E-state index contributed by atoms with van der Waals surface area (Å²) in [6, 6.07) is 14.5. The molecule has 44 heavy (non-hydrogen) atoms. The first-order valence-corrected chi connectivity index (χ1v) is 16.2. The average molecular weight is 622 g/mol. The highest BCUT2D eigenvalue weighted by molar-refractivity contribution is 7.90. The number of carbonyl (C=O) groups is 1. The molecular formula is C32H39N5O6S. The molecule has 12 heteroatoms. The summed E-state index contributed by atoms with van der Waals surface area (Å²) in [5.41, 5.74) is 7.29. The van der Waals surface area contributed by atoms with Crippen LogP contribution >= 0.6 is 0 Å². The largest absolute Gasteiger partial charge is 0.508 e. The fourth-order valence-electron chi connectivity index (χ4n) is 5.87. The predicted octanol–water partition coefficient (Wildman–Crippen LogP) is 4.31. The molecule has 2 heterocycles. The molecule has 0 amide bonds. The summed E-state index contributed by atoms with van der Waals surface area (Å²) in [6.45, 7) is 6.96. The van der Waals surface area contributed by atoms with Gasteiger partial charge in [0, 0.05) is 39.2 Å². The number of aromatic nitrogens is 3. The molecular weight excluding hydrogens is 582 g/mol. The minimum absolute atomic E-state index is 0.0777. The minimum Gasteiger partial charge on any atom is -0.508 e. The van der Waals surface area contributed by atoms with E-state index in [-0.39, 0.29) is 50.4 Å². The molecule has 0 fully saturated rings. The number of hydrogen-bond acceptors (Lipinski definition) is 8. The Morgan fingerprint density at radius 3 is 2.64 bits per heavy atom. The van der Waals surface area contributed by atoms with E-state index in [2.05, 4.69) is 10.3 Å². The smallest absolute Gasteiger partial charge is 0.306 e. The first kappa shape index (κ1) is 31.4. The molecule has 1 aliphatic rings. The number of aliphatic hydroxyl groups excluding tert-OH is 1. The maximum atomic E-state index is 13.5. The first-order valence-electron chi connectivity index (χ1n) is 14.8. The third kappa shape index (κ3) is 6.15. The van der Waals surface area contributed by atoms with Crippen LogP contribution in [0.1, 0.15) is 65.5 Å². The lowest BCUT2D eigenvalue weighted by Gasteiger charge is -2.35. The zero-order valence-corrected chi connectivity index (χ0v) is 26.3. The van der Waals surface area contributed by atoms with E-state index < -0.39 is 10.2 Å². The number of fused-ring (bicyclic) bond motifs is 2. The number of benzene rings is 3. The van der Waals surface area contributed by atoms with Crippen LogP contribution in [0.5, 0.6) is 5.75 Å². The number of anilines is 1. The number of nitrogens with zero attached hydrogens (tertiary/aromatic N) is 5. The molecule has 1 aliphatic heterocycles. The number of aliphatic hydroxyl groups is 1. The van der Waals surface area contributed by atoms with Crippen molar-refractivity contribution in [3.63, 3.8) is 0 Å². The monoisotopic (exact) mass is 621 g/mol. The lowest BCUT2D eigenvalue weighted by Crippen LogP contribution is -2.45. The van der Waals surface area contributed by atoms with Crippen molar-refractivity contribution >= 4 is 32.9 Å². The van der Waals surface area contributed by atoms with Gasteiger partial charge in [0.05, 0.1) is 24.2 Å². The molecule has 5 rings (SSSR count). The zero-order chi connectivity index (χ0) is 31.6. The second-order valence-electron chi connectivity index (χ2n) is 11.2. The van der Waals surface area contributed by atoms with Crippen molar-refractivity contribution in [2.24, 2.45) is 0 Å². The Balaban J connectivity index is 1.52. The number of aromatic hydroxyl groups is 1. The Labute approximate surface area is 257 Å². The van der Waals surface area contributed by atoms with Crippen LogP contribution in [0.4, 0.5) is 5.69 Å². The topological polar surface area (TPSA) is 138 Å². The zero-order valence-electron chi connectivity index (χ0n) is 25.5. The number of phenols is 1. The third-order valence-corrected chi connectivity index (χ3v) is 10.2. The molecule has 0 aliphatic carbocycles. The van der Waals surface area contributed by atoms with Crippen LogP contribution in [0.25, 0.3) is 11.0 Å². The van der Waals surface area contributed by atoms with Gasteiger partial charge < -0.3 is 14.9 Å². The van der Waals surface area contributed by atoms with E-state index in [4.69, 9.17) is 9.84 Å². The molecule has 0 bridgehead atoms. The molecule has 0 saturated carbocycles. The molecule has 0 spiro atoms. The molecule has 1 aromatic heterocycles. The Bertz CT molecular complexity index is 1790. The number of phenolic OH excluding ortho intramolecular Hbond substituents is 1. The van der Waals surface area contributed by atoms with E-state index >= 15 is 0 Å². The lowest BCUT2D eigenvalue weighted by atomic mass is 9.84. The summed E-state index contributed by atoms with van der Waals surface area (Å²) in [5.74, 6) is -0.618. The van der Waals surface area contributed by atoms with Crippen molar-refractivity contribution in [1.82, 2.24) is 19.3 Å². The summed E-state index contributed by atoms with van der Waals surface area (Å²) >= 11 is 0. The predicted molar refractivity (Wildman–Crippen MR) is 168 cm³/mol. The van der Waals surface area contributed by atoms with Crippen molar-refractivity contribution in [2.75, 3.05) is 24.6 Å². The lowest BCUT2D eigenvalue weighted by molar-refractivity contribution is -0.143. The fraction of sp³-hybridized carbons (Fsp3) is 0.406. The number of esters is 1. The second kappa shape index (κ2) is 12.9. The van der Waals surface area contributed by atoms with Crippen LogP contribution in [-0.2, 0) is 39.4 Å². The highest BCUT2D eigenvalue weighted by atomic mass is 32.2. The van der Waals surface area contributed by atoms with Crippen LogP contribution in [0.15, 0.2) is 48.5 Å². The number of rotatable bonds is 11. The molecule has 11 nitrogen and oxygen atoms in total. The van der Waals surface area contributed by atoms with Crippen molar-refractivity contribution in [3.05, 3.63) is 81.9 Å². The van der Waals surface area contributed by atoms with Gasteiger partial charge in [-0.3, -0.25) is 9.10 Å². The maximum Gasteiger partial charge on any atom is 0.306 e. The van der Waals surface area contributed by atoms with Crippen LogP contribution in [0, 0.1) is 13.8 Å². The molecule has 2 N–H and O–H groups in total. The standard InChI is InChI=1S/C32H39N5O6S/c1-5-43-31(40)18-28(27-11-13-30-32(22(27)3)33-34-37(30)14-6-7-15-38)23-9-8-21(2)24(16-23)19-36-20-25-17-26(39)10-12-29(25)35(4)44(36,41)42/h8-13,16-17,28,38-39H,5-7,14-15,18-20H2,1-4H3. The molecule has 3 aromatic carbocycles. The summed E-state index contributed by atoms with van der Waals surface area (Å²) < 4.78 is 36.8. The van der Waals surface area contributed by atoms with Crippen molar-refractivity contribution in [2.45, 2.75) is 65.6 Å². The van der Waals surface area contributed by atoms with Gasteiger partial charge in [-0.1, -0.05) is 29.5 Å². The Hall–Kier alpha value is -4.00. The minimum atomic E-state index is -3.81. The van der Waals surface area contributed by atoms with Gasteiger partial charge in [-0.05, 0) is 91.3 Å². The Kier molecular flexibility index (Phi) is 9.23. The van der Waals surface area contributed by atoms with E-state index in [9.17, 15) is 18.3 Å². The van der Waals surface area contributed by atoms with Crippen LogP contribution in [0.3, 0.4) is 0 Å². The molecule has 234 valence electrons. The number of unbranched alkanes of at least 4 members (excludes halogenated alkanes) is 1. The Morgan fingerprint density at radius 2 is 1.89 bits per heavy atom. The summed E-state index contributed by atoms with van der Waals surface area (Å²) in [5, 5.41) is 28.0. The van der Waals surface area contributed by atoms with E-state index in [1.165, 1.54) is 21.7 Å². The van der Waals surface area contributed by atoms with Gasteiger partial charge >= 0.3 is 16.2 Å². The first-order chi connectivity index (χ1) is 21.0. The van der Waals surface area contributed by atoms with Gasteiger partial charge in [0.1, 0.15) is 11.3 Å². The average Bonchev–Trinajstić information content (AvgIpc) is 3.40. The van der Waals surface area contributed by atoms with Crippen molar-refractivity contribution in [1.29, 1.82) is 0 Å². The van der Waals surface area contributed by atoms with Crippen molar-refractivity contribution < 1.29 is 28.2 Å². The van der Waals surface area contributed by atoms with E-state index in [0.29, 0.717) is 24.2 Å². The van der Waals surface area contributed by atoms with E-state index in [1.807, 2.05) is 48.9 Å². The third-order valence-electron chi connectivity index (χ3n) is 8.36. The summed E-state index contributed by atoms with van der Waals surface area (Å²) in [7, 11) is -2.30. The van der Waals surface area contributed by atoms with Gasteiger partial charge in [-0.15, -0.1) is 5.10 Å². The summed E-state index contributed by atoms with van der Waals surface area (Å²) in [6.07, 6.45) is 1.56. The number of hydrogen-bond donors (Lipinski definition) is 2. The maximum absolute atomic E-state index is 13.5. The van der Waals surface area contributed by atoms with Crippen LogP contribution in [-0.4, -0.2) is 64.2 Å². The SMILES string of the molecule is CCOC(=O)CC(c1ccc(C)c(CN2Cc3cc(O)ccc3N(C)S2(=O)=O)c1)c1ccc2c(nnn2CCCCO)c1C. The molecule has 1 unspecified atom stereocenters. The van der Waals surface area contributed by atoms with Gasteiger partial charge in [0.25, 0.3) is 0 Å². The number of carbonyl (C=O) groups excluding carboxylic acids is 1. The highest BCUT2D eigenvalue weighted by Gasteiger charge is 2.35. The fourth-order valence-corrected chi connectivity index (χ4v) is 7.25. The van der Waals surface area contributed by atoms with E-state index in [0.717, 1.165) is 45.3 Å². The van der Waals surface area contributed by atoms with Crippen LogP contribution < -0.4 is 4.31 Å². The summed E-state index contributed by atoms with van der Waals surface area (Å²) in [4.78, 5) is 12.9. The quantitative estimate of drug-likeness (QED) is 0.187. The normalized spacial score (nSPS) is 15.3. The highest BCUT2D eigenvalue weighted by Crippen LogP contribution is 2.37. The number of aryl methyl sites for hydroxylation is 3. The number of ether oxygens (including phenoxy) is 1. The second-order valence-corrected chi connectivity index (χ2v) is 13.2. The Morgan fingerprint density at radius 1 is 1.09 bits per heavy atom. The molecule has 0 radical (unpaired) electrons. The van der Waals surface area contributed by atoms with Gasteiger partial charge in [0.2, 0.25) is 0 Å². The van der Waals surface area contributed by atoms with Gasteiger partial charge in [0.15, 0.2) is 0 Å². The van der Waals surface area contributed by atoms with E-state index in [1.54, 1.807) is 19.1 Å². The molecule has 1 atom stereocenters. The molecule has 4 aromatic rings. The van der Waals surface area contributed by atoms with Gasteiger partial charge in [-0.2, -0.15) is 12.7 Å². The molecule has 0 saturated heterocycles.